The Morgan fingerprint density at radius 1 is 1.43 bits per heavy atom. The summed E-state index contributed by atoms with van der Waals surface area (Å²) in [7, 11) is 1.63. The van der Waals surface area contributed by atoms with Crippen LogP contribution in [0.3, 0.4) is 0 Å². The molecule has 1 aliphatic carbocycles. The van der Waals surface area contributed by atoms with Gasteiger partial charge in [-0.1, -0.05) is 6.07 Å². The summed E-state index contributed by atoms with van der Waals surface area (Å²) in [4.78, 5) is 24.1. The predicted octanol–water partition coefficient (Wildman–Crippen LogP) is 1.40. The lowest BCUT2D eigenvalue weighted by Gasteiger charge is -2.23. The fraction of sp³-hybridized carbons (Fsp3) is 0.294. The van der Waals surface area contributed by atoms with Crippen molar-refractivity contribution < 1.29 is 4.79 Å². The quantitative estimate of drug-likeness (QED) is 0.908. The van der Waals surface area contributed by atoms with Gasteiger partial charge in [-0.3, -0.25) is 9.59 Å². The third kappa shape index (κ3) is 3.14. The van der Waals surface area contributed by atoms with Gasteiger partial charge in [0.25, 0.3) is 5.56 Å². The van der Waals surface area contributed by atoms with E-state index in [1.165, 1.54) is 4.68 Å². The largest absolute Gasteiger partial charge is 0.326 e. The molecule has 23 heavy (non-hydrogen) atoms. The van der Waals surface area contributed by atoms with Crippen molar-refractivity contribution >= 4 is 11.6 Å². The second-order valence-corrected chi connectivity index (χ2v) is 5.70. The number of carbonyl (C=O) groups is 1. The fourth-order valence-corrected chi connectivity index (χ4v) is 2.82. The van der Waals surface area contributed by atoms with Crippen LogP contribution in [0.4, 0.5) is 5.69 Å². The summed E-state index contributed by atoms with van der Waals surface area (Å²) < 4.78 is 1.33. The highest BCUT2D eigenvalue weighted by atomic mass is 16.2. The molecule has 0 fully saturated rings. The summed E-state index contributed by atoms with van der Waals surface area (Å²) in [5.74, 6) is -0.284. The normalized spacial score (nSPS) is 16.3. The molecule has 0 radical (unpaired) electrons. The Balaban J connectivity index is 1.75. The number of amides is 1. The van der Waals surface area contributed by atoms with Crippen LogP contribution in [0.2, 0.25) is 0 Å². The zero-order valence-corrected chi connectivity index (χ0v) is 12.7. The summed E-state index contributed by atoms with van der Waals surface area (Å²) in [6.45, 7) is 0. The molecule has 0 bridgehead atoms. The number of nitriles is 1. The lowest BCUT2D eigenvalue weighted by atomic mass is 9.86. The van der Waals surface area contributed by atoms with Gasteiger partial charge < -0.3 is 5.32 Å². The van der Waals surface area contributed by atoms with Crippen molar-refractivity contribution in [2.45, 2.75) is 19.3 Å². The number of nitrogens with zero attached hydrogens (tertiary/aromatic N) is 3. The third-order valence-corrected chi connectivity index (χ3v) is 4.08. The molecule has 6 nitrogen and oxygen atoms in total. The van der Waals surface area contributed by atoms with Crippen LogP contribution in [-0.2, 0) is 24.7 Å². The molecule has 1 heterocycles. The van der Waals surface area contributed by atoms with E-state index in [2.05, 4.69) is 10.4 Å². The minimum atomic E-state index is -0.192. The van der Waals surface area contributed by atoms with Crippen molar-refractivity contribution in [2.24, 2.45) is 13.0 Å². The number of aryl methyl sites for hydroxylation is 2. The van der Waals surface area contributed by atoms with Crippen LogP contribution < -0.4 is 10.9 Å². The average molecular weight is 308 g/mol. The molecule has 1 atom stereocenters. The molecule has 1 aromatic carbocycles. The maximum atomic E-state index is 12.4. The molecular formula is C17H16N4O2. The number of carbonyl (C=O) groups excluding carboxylic acids is 1. The number of nitrogens with one attached hydrogen (secondary N) is 1. The third-order valence-electron chi connectivity index (χ3n) is 4.08. The average Bonchev–Trinajstić information content (AvgIpc) is 2.55. The van der Waals surface area contributed by atoms with Crippen LogP contribution in [0.25, 0.3) is 0 Å². The van der Waals surface area contributed by atoms with Crippen LogP contribution in [0.1, 0.15) is 23.2 Å². The van der Waals surface area contributed by atoms with Gasteiger partial charge in [0.1, 0.15) is 0 Å². The number of fused-ring (bicyclic) bond motifs is 1. The molecule has 0 aliphatic heterocycles. The van der Waals surface area contributed by atoms with E-state index in [1.807, 2.05) is 6.07 Å². The molecule has 0 saturated carbocycles. The number of benzene rings is 1. The van der Waals surface area contributed by atoms with E-state index in [0.717, 1.165) is 11.3 Å². The van der Waals surface area contributed by atoms with E-state index in [4.69, 9.17) is 5.26 Å². The molecule has 1 aliphatic rings. The first-order valence-electron chi connectivity index (χ1n) is 7.44. The van der Waals surface area contributed by atoms with Crippen molar-refractivity contribution in [2.75, 3.05) is 5.32 Å². The SMILES string of the molecule is Cn1nc2c(cc1=O)C[C@H](C(=O)Nc1cccc(C#N)c1)CC2. The first-order valence-corrected chi connectivity index (χ1v) is 7.44. The Kier molecular flexibility index (Phi) is 3.94. The maximum absolute atomic E-state index is 12.4. The minimum absolute atomic E-state index is 0.0913. The number of anilines is 1. The van der Waals surface area contributed by atoms with Crippen LogP contribution in [-0.4, -0.2) is 15.7 Å². The molecule has 116 valence electrons. The molecule has 3 rings (SSSR count). The molecule has 6 heteroatoms. The summed E-state index contributed by atoms with van der Waals surface area (Å²) in [6.07, 6.45) is 1.89. The van der Waals surface area contributed by atoms with Crippen LogP contribution in [0, 0.1) is 17.2 Å². The highest BCUT2D eigenvalue weighted by Gasteiger charge is 2.26. The van der Waals surface area contributed by atoms with Crippen molar-refractivity contribution in [3.8, 4) is 6.07 Å². The second kappa shape index (κ2) is 6.05. The molecule has 1 N–H and O–H groups in total. The van der Waals surface area contributed by atoms with Crippen molar-refractivity contribution in [1.82, 2.24) is 9.78 Å². The van der Waals surface area contributed by atoms with E-state index in [1.54, 1.807) is 37.4 Å². The van der Waals surface area contributed by atoms with Gasteiger partial charge in [0.15, 0.2) is 0 Å². The summed E-state index contributed by atoms with van der Waals surface area (Å²) in [5.41, 5.74) is 2.70. The standard InChI is InChI=1S/C17H16N4O2/c1-21-16(22)9-13-8-12(5-6-15(13)20-21)17(23)19-14-4-2-3-11(7-14)10-18/h2-4,7,9,12H,5-6,8H2,1H3,(H,19,23)/t12-/m1/s1. The van der Waals surface area contributed by atoms with Crippen LogP contribution >= 0.6 is 0 Å². The van der Waals surface area contributed by atoms with Gasteiger partial charge in [-0.25, -0.2) is 4.68 Å². The first-order chi connectivity index (χ1) is 11.1. The van der Waals surface area contributed by atoms with E-state index in [0.29, 0.717) is 30.5 Å². The molecular weight excluding hydrogens is 292 g/mol. The van der Waals surface area contributed by atoms with E-state index in [-0.39, 0.29) is 17.4 Å². The van der Waals surface area contributed by atoms with Crippen LogP contribution in [0.5, 0.6) is 0 Å². The second-order valence-electron chi connectivity index (χ2n) is 5.70. The Hall–Kier alpha value is -2.94. The summed E-state index contributed by atoms with van der Waals surface area (Å²) in [6, 6.07) is 10.4. The van der Waals surface area contributed by atoms with Crippen molar-refractivity contribution in [3.63, 3.8) is 0 Å². The van der Waals surface area contributed by atoms with Gasteiger partial charge in [-0.15, -0.1) is 0 Å². The monoisotopic (exact) mass is 308 g/mol. The zero-order valence-electron chi connectivity index (χ0n) is 12.7. The van der Waals surface area contributed by atoms with E-state index >= 15 is 0 Å². The van der Waals surface area contributed by atoms with Crippen molar-refractivity contribution in [1.29, 1.82) is 5.26 Å². The number of aromatic nitrogens is 2. The van der Waals surface area contributed by atoms with Gasteiger partial charge in [0.05, 0.1) is 17.3 Å². The molecule has 1 amide bonds. The Bertz CT molecular complexity index is 864. The van der Waals surface area contributed by atoms with Gasteiger partial charge in [-0.05, 0) is 43.0 Å². The fourth-order valence-electron chi connectivity index (χ4n) is 2.82. The van der Waals surface area contributed by atoms with Crippen LogP contribution in [0.15, 0.2) is 35.1 Å². The summed E-state index contributed by atoms with van der Waals surface area (Å²) in [5, 5.41) is 16.0. The van der Waals surface area contributed by atoms with E-state index in [9.17, 15) is 9.59 Å². The predicted molar refractivity (Wildman–Crippen MR) is 84.8 cm³/mol. The molecule has 2 aromatic rings. The molecule has 0 spiro atoms. The molecule has 0 saturated heterocycles. The first kappa shape index (κ1) is 15.0. The van der Waals surface area contributed by atoms with Gasteiger partial charge in [0.2, 0.25) is 5.91 Å². The van der Waals surface area contributed by atoms with E-state index < -0.39 is 0 Å². The Labute approximate surface area is 133 Å². The lowest BCUT2D eigenvalue weighted by molar-refractivity contribution is -0.120. The van der Waals surface area contributed by atoms with Crippen molar-refractivity contribution in [3.05, 3.63) is 57.5 Å². The Morgan fingerprint density at radius 3 is 3.04 bits per heavy atom. The molecule has 0 unspecified atom stereocenters. The number of rotatable bonds is 2. The number of hydrogen-bond donors (Lipinski definition) is 1. The number of hydrogen-bond acceptors (Lipinski definition) is 4. The minimum Gasteiger partial charge on any atom is -0.326 e. The van der Waals surface area contributed by atoms with Gasteiger partial charge in [-0.2, -0.15) is 10.4 Å². The molecule has 1 aromatic heterocycles. The highest BCUT2D eigenvalue weighted by molar-refractivity contribution is 5.93. The Morgan fingerprint density at radius 2 is 2.26 bits per heavy atom. The lowest BCUT2D eigenvalue weighted by Crippen LogP contribution is -2.31. The summed E-state index contributed by atoms with van der Waals surface area (Å²) >= 11 is 0. The van der Waals surface area contributed by atoms with Gasteiger partial charge >= 0.3 is 0 Å². The zero-order chi connectivity index (χ0) is 16.4. The maximum Gasteiger partial charge on any atom is 0.266 e. The van der Waals surface area contributed by atoms with Gasteiger partial charge in [0, 0.05) is 24.7 Å². The topological polar surface area (TPSA) is 87.8 Å². The highest BCUT2D eigenvalue weighted by Crippen LogP contribution is 2.24. The smallest absolute Gasteiger partial charge is 0.266 e.